The average molecular weight is 442 g/mol. The van der Waals surface area contributed by atoms with E-state index in [-0.39, 0.29) is 11.9 Å². The Balaban J connectivity index is 1.47. The van der Waals surface area contributed by atoms with Gasteiger partial charge < -0.3 is 9.64 Å². The second-order valence-corrected chi connectivity index (χ2v) is 8.68. The van der Waals surface area contributed by atoms with E-state index in [0.29, 0.717) is 24.1 Å². The van der Waals surface area contributed by atoms with Crippen LogP contribution in [-0.2, 0) is 16.0 Å². The smallest absolute Gasteiger partial charge is 0.334 e. The Morgan fingerprint density at radius 1 is 1.03 bits per heavy atom. The highest BCUT2D eigenvalue weighted by molar-refractivity contribution is 6.01. The van der Waals surface area contributed by atoms with Crippen molar-refractivity contribution in [3.63, 3.8) is 0 Å². The number of nitrogens with zero attached hydrogens (tertiary/aromatic N) is 3. The SMILES string of the molecule is CCOC(=O)C1=C(C)c2cc(-c3cnc4ccc(C(=O)N5CCCCC5)cc4n3)ccc2C1. The van der Waals surface area contributed by atoms with Gasteiger partial charge in [-0.3, -0.25) is 9.78 Å². The molecule has 0 spiro atoms. The van der Waals surface area contributed by atoms with Gasteiger partial charge in [0.2, 0.25) is 0 Å². The lowest BCUT2D eigenvalue weighted by Gasteiger charge is -2.26. The molecule has 1 aliphatic heterocycles. The van der Waals surface area contributed by atoms with E-state index < -0.39 is 0 Å². The van der Waals surface area contributed by atoms with Crippen LogP contribution >= 0.6 is 0 Å². The summed E-state index contributed by atoms with van der Waals surface area (Å²) < 4.78 is 5.21. The molecule has 2 aromatic carbocycles. The van der Waals surface area contributed by atoms with Crippen LogP contribution in [0.1, 0.15) is 54.6 Å². The third-order valence-electron chi connectivity index (χ3n) is 6.58. The summed E-state index contributed by atoms with van der Waals surface area (Å²) in [4.78, 5) is 36.6. The van der Waals surface area contributed by atoms with Crippen LogP contribution in [0.15, 0.2) is 48.2 Å². The largest absolute Gasteiger partial charge is 0.463 e. The maximum absolute atomic E-state index is 12.9. The zero-order valence-corrected chi connectivity index (χ0v) is 19.1. The summed E-state index contributed by atoms with van der Waals surface area (Å²) in [6.45, 7) is 5.78. The van der Waals surface area contributed by atoms with Gasteiger partial charge in [0.15, 0.2) is 0 Å². The lowest BCUT2D eigenvalue weighted by Crippen LogP contribution is -2.35. The summed E-state index contributed by atoms with van der Waals surface area (Å²) in [5.74, 6) is -0.183. The fourth-order valence-corrected chi connectivity index (χ4v) is 4.73. The molecule has 0 atom stereocenters. The lowest BCUT2D eigenvalue weighted by atomic mass is 10.0. The topological polar surface area (TPSA) is 72.4 Å². The molecular formula is C27H27N3O3. The normalized spacial score (nSPS) is 15.6. The molecule has 0 N–H and O–H groups in total. The molecule has 6 heteroatoms. The van der Waals surface area contributed by atoms with E-state index in [1.54, 1.807) is 6.20 Å². The Hall–Kier alpha value is -3.54. The van der Waals surface area contributed by atoms with Crippen LogP contribution in [-0.4, -0.2) is 46.4 Å². The van der Waals surface area contributed by atoms with E-state index in [2.05, 4.69) is 11.1 Å². The van der Waals surface area contributed by atoms with Crippen molar-refractivity contribution in [2.75, 3.05) is 19.7 Å². The van der Waals surface area contributed by atoms with Crippen molar-refractivity contribution < 1.29 is 14.3 Å². The minimum atomic E-state index is -0.246. The number of hydrogen-bond acceptors (Lipinski definition) is 5. The first kappa shape index (κ1) is 21.3. The lowest BCUT2D eigenvalue weighted by molar-refractivity contribution is -0.138. The van der Waals surface area contributed by atoms with Crippen molar-refractivity contribution in [3.05, 3.63) is 64.9 Å². The Morgan fingerprint density at radius 2 is 1.85 bits per heavy atom. The summed E-state index contributed by atoms with van der Waals surface area (Å²) in [6, 6.07) is 11.7. The van der Waals surface area contributed by atoms with Crippen molar-refractivity contribution in [2.45, 2.75) is 39.5 Å². The van der Waals surface area contributed by atoms with Gasteiger partial charge in [-0.15, -0.1) is 0 Å². The van der Waals surface area contributed by atoms with Crippen LogP contribution < -0.4 is 0 Å². The van der Waals surface area contributed by atoms with Gasteiger partial charge in [0, 0.05) is 36.2 Å². The number of amides is 1. The van der Waals surface area contributed by atoms with Crippen molar-refractivity contribution >= 4 is 28.5 Å². The highest BCUT2D eigenvalue weighted by atomic mass is 16.5. The van der Waals surface area contributed by atoms with Crippen LogP contribution in [0.2, 0.25) is 0 Å². The van der Waals surface area contributed by atoms with E-state index in [1.165, 1.54) is 6.42 Å². The van der Waals surface area contributed by atoms with E-state index in [9.17, 15) is 9.59 Å². The van der Waals surface area contributed by atoms with Crippen LogP contribution in [0, 0.1) is 0 Å². The highest BCUT2D eigenvalue weighted by Crippen LogP contribution is 2.35. The number of likely N-dealkylation sites (tertiary alicyclic amines) is 1. The molecule has 0 radical (unpaired) electrons. The molecule has 1 saturated heterocycles. The zero-order valence-electron chi connectivity index (χ0n) is 19.1. The highest BCUT2D eigenvalue weighted by Gasteiger charge is 2.25. The Bertz CT molecular complexity index is 1290. The summed E-state index contributed by atoms with van der Waals surface area (Å²) in [5, 5.41) is 0. The van der Waals surface area contributed by atoms with Gasteiger partial charge in [-0.1, -0.05) is 12.1 Å². The molecule has 33 heavy (non-hydrogen) atoms. The first-order chi connectivity index (χ1) is 16.0. The molecule has 1 amide bonds. The number of rotatable bonds is 4. The Labute approximate surface area is 193 Å². The number of fused-ring (bicyclic) bond motifs is 2. The molecule has 0 saturated carbocycles. The molecule has 1 fully saturated rings. The van der Waals surface area contributed by atoms with Crippen molar-refractivity contribution in [1.82, 2.24) is 14.9 Å². The number of benzene rings is 2. The summed E-state index contributed by atoms with van der Waals surface area (Å²) in [6.07, 6.45) is 5.66. The first-order valence-corrected chi connectivity index (χ1v) is 11.6. The molecule has 1 aromatic heterocycles. The van der Waals surface area contributed by atoms with Gasteiger partial charge in [-0.05, 0) is 74.1 Å². The van der Waals surface area contributed by atoms with E-state index in [1.807, 2.05) is 49.1 Å². The van der Waals surface area contributed by atoms with Crippen LogP contribution in [0.25, 0.3) is 27.9 Å². The number of piperidine rings is 1. The fourth-order valence-electron chi connectivity index (χ4n) is 4.73. The van der Waals surface area contributed by atoms with Gasteiger partial charge >= 0.3 is 5.97 Å². The number of allylic oxidation sites excluding steroid dienone is 1. The van der Waals surface area contributed by atoms with Crippen molar-refractivity contribution in [3.8, 4) is 11.3 Å². The molecule has 5 rings (SSSR count). The van der Waals surface area contributed by atoms with Crippen molar-refractivity contribution in [1.29, 1.82) is 0 Å². The quantitative estimate of drug-likeness (QED) is 0.543. The molecule has 3 aromatic rings. The molecule has 2 heterocycles. The van der Waals surface area contributed by atoms with Crippen LogP contribution in [0.3, 0.4) is 0 Å². The third-order valence-corrected chi connectivity index (χ3v) is 6.58. The van der Waals surface area contributed by atoms with E-state index >= 15 is 0 Å². The van der Waals surface area contributed by atoms with Gasteiger partial charge in [0.25, 0.3) is 5.91 Å². The number of esters is 1. The zero-order chi connectivity index (χ0) is 22.9. The van der Waals surface area contributed by atoms with Gasteiger partial charge in [-0.25, -0.2) is 9.78 Å². The minimum Gasteiger partial charge on any atom is -0.463 e. The number of hydrogen-bond donors (Lipinski definition) is 0. The molecule has 168 valence electrons. The first-order valence-electron chi connectivity index (χ1n) is 11.6. The molecule has 1 aliphatic carbocycles. The van der Waals surface area contributed by atoms with Gasteiger partial charge in [0.1, 0.15) is 0 Å². The number of carbonyl (C=O) groups is 2. The second kappa shape index (κ2) is 8.77. The van der Waals surface area contributed by atoms with Crippen LogP contribution in [0.5, 0.6) is 0 Å². The molecular weight excluding hydrogens is 414 g/mol. The second-order valence-electron chi connectivity index (χ2n) is 8.68. The van der Waals surface area contributed by atoms with Crippen molar-refractivity contribution in [2.24, 2.45) is 0 Å². The number of carbonyl (C=O) groups excluding carboxylic acids is 2. The van der Waals surface area contributed by atoms with Crippen LogP contribution in [0.4, 0.5) is 0 Å². The van der Waals surface area contributed by atoms with E-state index in [0.717, 1.165) is 65.0 Å². The Kier molecular flexibility index (Phi) is 5.67. The molecule has 2 aliphatic rings. The van der Waals surface area contributed by atoms with E-state index in [4.69, 9.17) is 9.72 Å². The maximum atomic E-state index is 12.9. The molecule has 0 bridgehead atoms. The number of ether oxygens (including phenoxy) is 1. The van der Waals surface area contributed by atoms with Gasteiger partial charge in [-0.2, -0.15) is 0 Å². The molecule has 0 unspecified atom stereocenters. The predicted molar refractivity (Wildman–Crippen MR) is 128 cm³/mol. The fraction of sp³-hybridized carbons (Fsp3) is 0.333. The summed E-state index contributed by atoms with van der Waals surface area (Å²) in [7, 11) is 0. The monoisotopic (exact) mass is 441 g/mol. The van der Waals surface area contributed by atoms with Gasteiger partial charge in [0.05, 0.1) is 29.5 Å². The molecule has 6 nitrogen and oxygen atoms in total. The summed E-state index contributed by atoms with van der Waals surface area (Å²) >= 11 is 0. The predicted octanol–water partition coefficient (Wildman–Crippen LogP) is 4.82. The third kappa shape index (κ3) is 4.01. The standard InChI is InChI=1S/C27H27N3O3/c1-3-33-27(32)22-13-18-7-8-19(14-21(18)17(22)2)25-16-28-23-10-9-20(15-24(23)29-25)26(31)30-11-5-4-6-12-30/h7-10,14-16H,3-6,11-13H2,1-2H3. The summed E-state index contributed by atoms with van der Waals surface area (Å²) in [5.41, 5.74) is 7.62. The minimum absolute atomic E-state index is 0.0635. The Morgan fingerprint density at radius 3 is 2.64 bits per heavy atom. The average Bonchev–Trinajstić information content (AvgIpc) is 3.19. The number of aromatic nitrogens is 2. The maximum Gasteiger partial charge on any atom is 0.334 e.